The van der Waals surface area contributed by atoms with Gasteiger partial charge in [-0.2, -0.15) is 13.2 Å². The number of carboxylic acids is 1. The molecule has 1 amide bonds. The quantitative estimate of drug-likeness (QED) is 0.752. The summed E-state index contributed by atoms with van der Waals surface area (Å²) in [5, 5.41) is 10.2. The highest BCUT2D eigenvalue weighted by Gasteiger charge is 2.29. The number of carbonyl (C=O) groups is 2. The van der Waals surface area contributed by atoms with Crippen LogP contribution >= 0.6 is 11.8 Å². The molecule has 0 heterocycles. The molecule has 8 heteroatoms. The van der Waals surface area contributed by atoms with Gasteiger partial charge in [0.25, 0.3) is 0 Å². The van der Waals surface area contributed by atoms with Crippen LogP contribution in [0.2, 0.25) is 0 Å². The molecular weight excluding hydrogens is 223 g/mol. The zero-order chi connectivity index (χ0) is 11.4. The molecule has 0 radical (unpaired) electrons. The molecule has 0 aromatic carbocycles. The molecule has 14 heavy (non-hydrogen) atoms. The van der Waals surface area contributed by atoms with Crippen molar-refractivity contribution in [2.75, 3.05) is 5.75 Å². The van der Waals surface area contributed by atoms with Crippen LogP contribution in [0.5, 0.6) is 0 Å². The number of carbonyl (C=O) groups excluding carboxylic acids is 1. The van der Waals surface area contributed by atoms with Gasteiger partial charge in [-0.1, -0.05) is 0 Å². The number of thioether (sulfide) groups is 1. The summed E-state index contributed by atoms with van der Waals surface area (Å²) < 4.78 is 34.7. The maximum atomic E-state index is 11.6. The topological polar surface area (TPSA) is 66.4 Å². The first kappa shape index (κ1) is 13.1. The van der Waals surface area contributed by atoms with Crippen molar-refractivity contribution in [2.24, 2.45) is 0 Å². The highest BCUT2D eigenvalue weighted by Crippen LogP contribution is 2.29. The number of rotatable bonds is 4. The van der Waals surface area contributed by atoms with Gasteiger partial charge in [0, 0.05) is 0 Å². The number of alkyl halides is 3. The first-order chi connectivity index (χ1) is 6.22. The average Bonchev–Trinajstić information content (AvgIpc) is 1.99. The Labute approximate surface area is 81.9 Å². The van der Waals surface area contributed by atoms with Crippen molar-refractivity contribution in [2.45, 2.75) is 18.5 Å². The molecule has 0 saturated heterocycles. The summed E-state index contributed by atoms with van der Waals surface area (Å²) in [5.41, 5.74) is -4.48. The van der Waals surface area contributed by atoms with Crippen LogP contribution in [0.15, 0.2) is 0 Å². The van der Waals surface area contributed by atoms with Crippen LogP contribution in [0.3, 0.4) is 0 Å². The Morgan fingerprint density at radius 1 is 1.50 bits per heavy atom. The fourth-order valence-corrected chi connectivity index (χ4v) is 0.870. The molecule has 0 rings (SSSR count). The van der Waals surface area contributed by atoms with Gasteiger partial charge in [-0.3, -0.25) is 9.59 Å². The van der Waals surface area contributed by atoms with E-state index in [-0.39, 0.29) is 0 Å². The summed E-state index contributed by atoms with van der Waals surface area (Å²) >= 11 is -0.510. The molecule has 4 nitrogen and oxygen atoms in total. The molecule has 0 aromatic rings. The molecule has 1 unspecified atom stereocenters. The molecule has 0 aliphatic rings. The predicted molar refractivity (Wildman–Crippen MR) is 43.8 cm³/mol. The summed E-state index contributed by atoms with van der Waals surface area (Å²) in [7, 11) is 0. The van der Waals surface area contributed by atoms with E-state index in [9.17, 15) is 22.8 Å². The van der Waals surface area contributed by atoms with Crippen molar-refractivity contribution in [1.29, 1.82) is 0 Å². The van der Waals surface area contributed by atoms with E-state index in [0.717, 1.165) is 0 Å². The minimum atomic E-state index is -4.48. The zero-order valence-electron chi connectivity index (χ0n) is 7.09. The van der Waals surface area contributed by atoms with Gasteiger partial charge in [-0.15, -0.1) is 0 Å². The number of amides is 1. The first-order valence-electron chi connectivity index (χ1n) is 3.45. The second-order valence-electron chi connectivity index (χ2n) is 2.36. The molecule has 0 spiro atoms. The number of hydrogen-bond acceptors (Lipinski definition) is 3. The molecule has 0 aliphatic heterocycles. The number of carboxylic acid groups (broad SMARTS) is 1. The molecule has 0 aliphatic carbocycles. The van der Waals surface area contributed by atoms with E-state index < -0.39 is 40.9 Å². The van der Waals surface area contributed by atoms with E-state index in [2.05, 4.69) is 0 Å². The molecular formula is C6H8F3NO3S. The summed E-state index contributed by atoms with van der Waals surface area (Å²) in [5.74, 6) is -3.08. The molecule has 0 saturated carbocycles. The fraction of sp³-hybridized carbons (Fsp3) is 0.667. The lowest BCUT2D eigenvalue weighted by atomic mass is 10.3. The highest BCUT2D eigenvalue weighted by atomic mass is 32.2. The average molecular weight is 231 g/mol. The summed E-state index contributed by atoms with van der Waals surface area (Å²) in [6.07, 6.45) is 0. The van der Waals surface area contributed by atoms with Crippen LogP contribution in [0.1, 0.15) is 6.92 Å². The Bertz CT molecular complexity index is 231. The summed E-state index contributed by atoms with van der Waals surface area (Å²) in [6, 6.07) is -1.18. The van der Waals surface area contributed by atoms with Crippen molar-refractivity contribution in [3.05, 3.63) is 0 Å². The van der Waals surface area contributed by atoms with Crippen LogP contribution in [-0.4, -0.2) is 34.3 Å². The molecule has 0 aromatic heterocycles. The predicted octanol–water partition coefficient (Wildman–Crippen LogP) is 0.829. The van der Waals surface area contributed by atoms with E-state index in [4.69, 9.17) is 5.11 Å². The van der Waals surface area contributed by atoms with E-state index >= 15 is 0 Å². The maximum absolute atomic E-state index is 11.6. The minimum absolute atomic E-state index is 0.510. The molecule has 0 fully saturated rings. The van der Waals surface area contributed by atoms with Crippen LogP contribution in [0.25, 0.3) is 0 Å². The lowest BCUT2D eigenvalue weighted by molar-refractivity contribution is -0.140. The Balaban J connectivity index is 3.83. The van der Waals surface area contributed by atoms with Crippen molar-refractivity contribution >= 4 is 23.6 Å². The van der Waals surface area contributed by atoms with Gasteiger partial charge in [0.15, 0.2) is 0 Å². The molecule has 0 bridgehead atoms. The third kappa shape index (κ3) is 6.58. The maximum Gasteiger partial charge on any atom is 0.442 e. The number of hydrogen-bond donors (Lipinski definition) is 2. The van der Waals surface area contributed by atoms with Gasteiger partial charge in [0.2, 0.25) is 5.91 Å². The standard InChI is InChI=1S/C6H8F3NO3S/c1-3(5(12)13)10-4(11)2-14-6(7,8)9/h3H,2H2,1H3,(H,10,11)(H,12,13). The van der Waals surface area contributed by atoms with E-state index in [1.807, 2.05) is 5.32 Å². The van der Waals surface area contributed by atoms with Gasteiger partial charge in [-0.05, 0) is 18.7 Å². The van der Waals surface area contributed by atoms with E-state index in [1.54, 1.807) is 0 Å². The fourth-order valence-electron chi connectivity index (χ4n) is 0.492. The summed E-state index contributed by atoms with van der Waals surface area (Å²) in [6.45, 7) is 1.17. The Hall–Kier alpha value is -0.920. The molecule has 82 valence electrons. The summed E-state index contributed by atoms with van der Waals surface area (Å²) in [4.78, 5) is 20.9. The highest BCUT2D eigenvalue weighted by molar-refractivity contribution is 8.00. The lowest BCUT2D eigenvalue weighted by Crippen LogP contribution is -2.39. The first-order valence-corrected chi connectivity index (χ1v) is 4.44. The second kappa shape index (κ2) is 5.08. The van der Waals surface area contributed by atoms with Crippen LogP contribution in [0.4, 0.5) is 13.2 Å². The third-order valence-corrected chi connectivity index (χ3v) is 1.85. The van der Waals surface area contributed by atoms with E-state index in [0.29, 0.717) is 0 Å². The van der Waals surface area contributed by atoms with Crippen molar-refractivity contribution in [3.8, 4) is 0 Å². The number of halogens is 3. The smallest absolute Gasteiger partial charge is 0.442 e. The largest absolute Gasteiger partial charge is 0.480 e. The van der Waals surface area contributed by atoms with Crippen molar-refractivity contribution < 1.29 is 27.9 Å². The van der Waals surface area contributed by atoms with Gasteiger partial charge in [0.1, 0.15) is 6.04 Å². The SMILES string of the molecule is CC(NC(=O)CSC(F)(F)F)C(=O)O. The van der Waals surface area contributed by atoms with Crippen molar-refractivity contribution in [3.63, 3.8) is 0 Å². The molecule has 2 N–H and O–H groups in total. The monoisotopic (exact) mass is 231 g/mol. The Morgan fingerprint density at radius 3 is 2.36 bits per heavy atom. The number of aliphatic carboxylic acids is 1. The van der Waals surface area contributed by atoms with Crippen LogP contribution in [-0.2, 0) is 9.59 Å². The second-order valence-corrected chi connectivity index (χ2v) is 3.40. The van der Waals surface area contributed by atoms with Gasteiger partial charge >= 0.3 is 11.5 Å². The molecule has 1 atom stereocenters. The number of nitrogens with one attached hydrogen (secondary N) is 1. The van der Waals surface area contributed by atoms with E-state index in [1.165, 1.54) is 6.92 Å². The van der Waals surface area contributed by atoms with Gasteiger partial charge in [-0.25, -0.2) is 0 Å². The van der Waals surface area contributed by atoms with Gasteiger partial charge in [0.05, 0.1) is 5.75 Å². The third-order valence-electron chi connectivity index (χ3n) is 1.11. The van der Waals surface area contributed by atoms with Crippen LogP contribution < -0.4 is 5.32 Å². The Kier molecular flexibility index (Phi) is 4.75. The Morgan fingerprint density at radius 2 is 2.00 bits per heavy atom. The zero-order valence-corrected chi connectivity index (χ0v) is 7.91. The lowest BCUT2D eigenvalue weighted by Gasteiger charge is -2.09. The van der Waals surface area contributed by atoms with Crippen molar-refractivity contribution in [1.82, 2.24) is 5.32 Å². The normalized spacial score (nSPS) is 13.4. The van der Waals surface area contributed by atoms with Crippen LogP contribution in [0, 0.1) is 0 Å². The minimum Gasteiger partial charge on any atom is -0.480 e. The van der Waals surface area contributed by atoms with Gasteiger partial charge < -0.3 is 10.4 Å².